The molecule has 2 fully saturated rings. The summed E-state index contributed by atoms with van der Waals surface area (Å²) in [7, 11) is 0. The van der Waals surface area contributed by atoms with E-state index in [1.807, 2.05) is 0 Å². The molecule has 1 amide bonds. The van der Waals surface area contributed by atoms with Gasteiger partial charge < -0.3 is 14.6 Å². The summed E-state index contributed by atoms with van der Waals surface area (Å²) in [6.07, 6.45) is 1.95. The minimum absolute atomic E-state index is 0.130. The lowest BCUT2D eigenvalue weighted by Gasteiger charge is -2.36. The van der Waals surface area contributed by atoms with Crippen molar-refractivity contribution in [2.24, 2.45) is 5.41 Å². The van der Waals surface area contributed by atoms with Crippen LogP contribution in [-0.2, 0) is 0 Å². The van der Waals surface area contributed by atoms with Crippen molar-refractivity contribution in [1.29, 1.82) is 0 Å². The first-order valence-electron chi connectivity index (χ1n) is 6.39. The summed E-state index contributed by atoms with van der Waals surface area (Å²) < 4.78 is 19.2. The summed E-state index contributed by atoms with van der Waals surface area (Å²) in [5, 5.41) is 3.24. The first kappa shape index (κ1) is 11.7. The predicted molar refractivity (Wildman–Crippen MR) is 64.0 cm³/mol. The monoisotopic (exact) mass is 252 g/mol. The standard InChI is InChI=1S/C13H17FN2O2/c14-11-3-5-15-8-13(11)4-6-16(9-13)12(17)10-2-1-7-18-10/h1-2,7,11,15H,3-6,8-9H2/t11-,13-/m1/s1. The molecule has 3 heterocycles. The summed E-state index contributed by atoms with van der Waals surface area (Å²) in [5.41, 5.74) is -0.388. The Balaban J connectivity index is 1.73. The second kappa shape index (κ2) is 4.39. The summed E-state index contributed by atoms with van der Waals surface area (Å²) in [5.74, 6) is 0.209. The first-order chi connectivity index (χ1) is 8.71. The molecule has 0 aromatic carbocycles. The highest BCUT2D eigenvalue weighted by molar-refractivity contribution is 5.91. The highest BCUT2D eigenvalue weighted by Gasteiger charge is 2.47. The average molecular weight is 252 g/mol. The summed E-state index contributed by atoms with van der Waals surface area (Å²) in [6, 6.07) is 3.35. The number of rotatable bonds is 1. The third kappa shape index (κ3) is 1.82. The number of piperidine rings is 1. The number of alkyl halides is 1. The summed E-state index contributed by atoms with van der Waals surface area (Å²) in [4.78, 5) is 13.8. The SMILES string of the molecule is O=C(c1ccco1)N1CC[C@@]2(CNCC[C@H]2F)C1. The number of hydrogen-bond acceptors (Lipinski definition) is 3. The van der Waals surface area contributed by atoms with Gasteiger partial charge in [-0.15, -0.1) is 0 Å². The van der Waals surface area contributed by atoms with Gasteiger partial charge in [-0.3, -0.25) is 4.79 Å². The van der Waals surface area contributed by atoms with Crippen LogP contribution in [0.4, 0.5) is 4.39 Å². The molecule has 2 aliphatic rings. The Morgan fingerprint density at radius 1 is 1.61 bits per heavy atom. The van der Waals surface area contributed by atoms with Gasteiger partial charge in [0.1, 0.15) is 6.17 Å². The van der Waals surface area contributed by atoms with E-state index in [-0.39, 0.29) is 11.3 Å². The number of amides is 1. The molecule has 5 heteroatoms. The maximum atomic E-state index is 14.1. The quantitative estimate of drug-likeness (QED) is 0.822. The van der Waals surface area contributed by atoms with E-state index < -0.39 is 6.17 Å². The molecule has 0 bridgehead atoms. The molecule has 1 aromatic heterocycles. The van der Waals surface area contributed by atoms with Crippen LogP contribution in [0.15, 0.2) is 22.8 Å². The maximum Gasteiger partial charge on any atom is 0.289 e. The number of halogens is 1. The van der Waals surface area contributed by atoms with Crippen molar-refractivity contribution < 1.29 is 13.6 Å². The highest BCUT2D eigenvalue weighted by Crippen LogP contribution is 2.39. The van der Waals surface area contributed by atoms with E-state index in [1.165, 1.54) is 6.26 Å². The molecule has 98 valence electrons. The van der Waals surface area contributed by atoms with Gasteiger partial charge in [-0.2, -0.15) is 0 Å². The zero-order valence-corrected chi connectivity index (χ0v) is 10.2. The van der Waals surface area contributed by atoms with Crippen LogP contribution in [0.3, 0.4) is 0 Å². The van der Waals surface area contributed by atoms with Crippen molar-refractivity contribution in [3.05, 3.63) is 24.2 Å². The molecule has 0 radical (unpaired) electrons. The van der Waals surface area contributed by atoms with Gasteiger partial charge in [0, 0.05) is 25.0 Å². The summed E-state index contributed by atoms with van der Waals surface area (Å²) in [6.45, 7) is 2.49. The third-order valence-corrected chi connectivity index (χ3v) is 4.12. The zero-order valence-electron chi connectivity index (χ0n) is 10.2. The molecule has 18 heavy (non-hydrogen) atoms. The van der Waals surface area contributed by atoms with Crippen LogP contribution in [0, 0.1) is 5.41 Å². The van der Waals surface area contributed by atoms with E-state index in [9.17, 15) is 9.18 Å². The molecule has 2 atom stereocenters. The van der Waals surface area contributed by atoms with Gasteiger partial charge in [0.2, 0.25) is 0 Å². The van der Waals surface area contributed by atoms with Gasteiger partial charge in [-0.25, -0.2) is 4.39 Å². The van der Waals surface area contributed by atoms with Crippen LogP contribution in [0.5, 0.6) is 0 Å². The van der Waals surface area contributed by atoms with Gasteiger partial charge >= 0.3 is 0 Å². The number of nitrogens with one attached hydrogen (secondary N) is 1. The molecule has 4 nitrogen and oxygen atoms in total. The summed E-state index contributed by atoms with van der Waals surface area (Å²) >= 11 is 0. The fraction of sp³-hybridized carbons (Fsp3) is 0.615. The van der Waals surface area contributed by atoms with Crippen molar-refractivity contribution in [2.75, 3.05) is 26.2 Å². The lowest BCUT2D eigenvalue weighted by atomic mass is 9.78. The third-order valence-electron chi connectivity index (χ3n) is 4.12. The molecule has 0 saturated carbocycles. The Labute approximate surface area is 105 Å². The van der Waals surface area contributed by atoms with Crippen molar-refractivity contribution in [1.82, 2.24) is 10.2 Å². The molecule has 3 rings (SSSR count). The van der Waals surface area contributed by atoms with Crippen LogP contribution < -0.4 is 5.32 Å². The van der Waals surface area contributed by atoms with Crippen molar-refractivity contribution in [2.45, 2.75) is 19.0 Å². The minimum Gasteiger partial charge on any atom is -0.459 e. The smallest absolute Gasteiger partial charge is 0.289 e. The fourth-order valence-electron chi connectivity index (χ4n) is 3.01. The number of likely N-dealkylation sites (tertiary alicyclic amines) is 1. The Bertz CT molecular complexity index is 434. The fourth-order valence-corrected chi connectivity index (χ4v) is 3.01. The molecule has 0 aliphatic carbocycles. The van der Waals surface area contributed by atoms with Crippen LogP contribution in [0.25, 0.3) is 0 Å². The molecule has 0 unspecified atom stereocenters. The van der Waals surface area contributed by atoms with Crippen LogP contribution in [0.1, 0.15) is 23.4 Å². The Morgan fingerprint density at radius 2 is 2.50 bits per heavy atom. The Morgan fingerprint density at radius 3 is 3.22 bits per heavy atom. The number of nitrogens with zero attached hydrogens (tertiary/aromatic N) is 1. The molecule has 1 aromatic rings. The minimum atomic E-state index is -0.812. The molecular weight excluding hydrogens is 235 g/mol. The molecular formula is C13H17FN2O2. The normalized spacial score (nSPS) is 32.1. The number of carbonyl (C=O) groups excluding carboxylic acids is 1. The molecule has 1 spiro atoms. The highest BCUT2D eigenvalue weighted by atomic mass is 19.1. The van der Waals surface area contributed by atoms with Crippen LogP contribution in [0.2, 0.25) is 0 Å². The second-order valence-corrected chi connectivity index (χ2v) is 5.25. The lowest BCUT2D eigenvalue weighted by Crippen LogP contribution is -2.50. The molecule has 2 aliphatic heterocycles. The molecule has 1 N–H and O–H groups in total. The van der Waals surface area contributed by atoms with Crippen LogP contribution >= 0.6 is 0 Å². The van der Waals surface area contributed by atoms with E-state index in [1.54, 1.807) is 17.0 Å². The van der Waals surface area contributed by atoms with Gasteiger partial charge in [0.15, 0.2) is 5.76 Å². The number of hydrogen-bond donors (Lipinski definition) is 1. The predicted octanol–water partition coefficient (Wildman–Crippen LogP) is 1.44. The van der Waals surface area contributed by atoms with E-state index in [0.717, 1.165) is 13.0 Å². The van der Waals surface area contributed by atoms with E-state index in [0.29, 0.717) is 31.8 Å². The van der Waals surface area contributed by atoms with Crippen molar-refractivity contribution >= 4 is 5.91 Å². The number of furan rings is 1. The van der Waals surface area contributed by atoms with E-state index in [2.05, 4.69) is 5.32 Å². The van der Waals surface area contributed by atoms with Gasteiger partial charge in [-0.05, 0) is 31.5 Å². The van der Waals surface area contributed by atoms with Gasteiger partial charge in [0.25, 0.3) is 5.91 Å². The van der Waals surface area contributed by atoms with E-state index >= 15 is 0 Å². The largest absolute Gasteiger partial charge is 0.459 e. The number of carbonyl (C=O) groups is 1. The lowest BCUT2D eigenvalue weighted by molar-refractivity contribution is 0.0603. The van der Waals surface area contributed by atoms with Gasteiger partial charge in [0.05, 0.1) is 6.26 Å². The maximum absolute atomic E-state index is 14.1. The van der Waals surface area contributed by atoms with Crippen molar-refractivity contribution in [3.8, 4) is 0 Å². The Kier molecular flexibility index (Phi) is 2.86. The van der Waals surface area contributed by atoms with Crippen LogP contribution in [-0.4, -0.2) is 43.2 Å². The topological polar surface area (TPSA) is 45.5 Å². The average Bonchev–Trinajstić information content (AvgIpc) is 3.03. The first-order valence-corrected chi connectivity index (χ1v) is 6.39. The van der Waals surface area contributed by atoms with E-state index in [4.69, 9.17) is 4.42 Å². The second-order valence-electron chi connectivity index (χ2n) is 5.25. The molecule has 2 saturated heterocycles. The zero-order chi connectivity index (χ0) is 12.6. The van der Waals surface area contributed by atoms with Crippen molar-refractivity contribution in [3.63, 3.8) is 0 Å². The Hall–Kier alpha value is -1.36. The van der Waals surface area contributed by atoms with Gasteiger partial charge in [-0.1, -0.05) is 0 Å².